The van der Waals surface area contributed by atoms with Gasteiger partial charge in [-0.25, -0.2) is 0 Å². The Bertz CT molecular complexity index is 456. The van der Waals surface area contributed by atoms with Crippen molar-refractivity contribution in [1.82, 2.24) is 14.7 Å². The summed E-state index contributed by atoms with van der Waals surface area (Å²) in [4.78, 5) is 5.73. The van der Waals surface area contributed by atoms with Crippen LogP contribution in [0.2, 0.25) is 0 Å². The Morgan fingerprint density at radius 1 is 1.20 bits per heavy atom. The molecule has 2 aliphatic rings. The Balaban J connectivity index is 1.80. The average molecular weight is 306 g/mol. The maximum Gasteiger partial charge on any atom is 0.452 e. The molecule has 112 valence electrons. The lowest BCUT2D eigenvalue weighted by Crippen LogP contribution is -2.50. The van der Waals surface area contributed by atoms with Crippen molar-refractivity contribution in [3.05, 3.63) is 5.82 Å². The maximum absolute atomic E-state index is 12.6. The lowest BCUT2D eigenvalue weighted by atomic mass is 9.95. The molecule has 0 aliphatic carbocycles. The quantitative estimate of drug-likeness (QED) is 0.912. The largest absolute Gasteiger partial charge is 0.452 e. The van der Waals surface area contributed by atoms with Crippen LogP contribution in [0.15, 0.2) is 0 Å². The minimum Gasteiger partial charge on any atom is -0.342 e. The molecule has 0 amide bonds. The molecule has 3 rings (SSSR count). The molecule has 1 aromatic heterocycles. The zero-order valence-corrected chi connectivity index (χ0v) is 11.8. The van der Waals surface area contributed by atoms with Crippen molar-refractivity contribution in [2.45, 2.75) is 50.4 Å². The first-order chi connectivity index (χ1) is 9.55. The van der Waals surface area contributed by atoms with E-state index in [0.29, 0.717) is 11.2 Å². The van der Waals surface area contributed by atoms with Crippen molar-refractivity contribution in [2.24, 2.45) is 0 Å². The van der Waals surface area contributed by atoms with E-state index in [4.69, 9.17) is 0 Å². The summed E-state index contributed by atoms with van der Waals surface area (Å²) >= 11 is 0.863. The molecule has 2 fully saturated rings. The fourth-order valence-corrected chi connectivity index (χ4v) is 3.87. The molecule has 0 aromatic carbocycles. The van der Waals surface area contributed by atoms with Gasteiger partial charge in [-0.1, -0.05) is 0 Å². The van der Waals surface area contributed by atoms with Gasteiger partial charge in [0, 0.05) is 30.2 Å². The highest BCUT2D eigenvalue weighted by atomic mass is 32.1. The molecule has 1 N–H and O–H groups in total. The zero-order valence-electron chi connectivity index (χ0n) is 11.0. The minimum absolute atomic E-state index is 0.250. The summed E-state index contributed by atoms with van der Waals surface area (Å²) in [7, 11) is 0. The molecule has 2 saturated heterocycles. The van der Waals surface area contributed by atoms with E-state index in [1.165, 1.54) is 0 Å². The first kappa shape index (κ1) is 14.1. The normalized spacial score (nSPS) is 28.1. The van der Waals surface area contributed by atoms with E-state index in [9.17, 15) is 13.2 Å². The zero-order chi connectivity index (χ0) is 14.2. The number of rotatable bonds is 2. The number of nitrogens with zero attached hydrogens (tertiary/aromatic N) is 3. The van der Waals surface area contributed by atoms with E-state index >= 15 is 0 Å². The van der Waals surface area contributed by atoms with Crippen molar-refractivity contribution in [3.8, 4) is 0 Å². The highest BCUT2D eigenvalue weighted by molar-refractivity contribution is 7.09. The van der Waals surface area contributed by atoms with E-state index in [-0.39, 0.29) is 6.04 Å². The summed E-state index contributed by atoms with van der Waals surface area (Å²) < 4.78 is 41.3. The van der Waals surface area contributed by atoms with Crippen LogP contribution in [0.1, 0.15) is 37.9 Å². The standard InChI is InChI=1S/C12H17F3N4S/c13-12(14,15)10-17-11(20-18-10)19-7-2-1-5-9(19)8-4-3-6-16-8/h8-9,16H,1-7H2. The van der Waals surface area contributed by atoms with Crippen molar-refractivity contribution in [3.63, 3.8) is 0 Å². The molecule has 4 nitrogen and oxygen atoms in total. The number of hydrogen-bond acceptors (Lipinski definition) is 5. The van der Waals surface area contributed by atoms with E-state index in [1.54, 1.807) is 0 Å². The van der Waals surface area contributed by atoms with Crippen LogP contribution in [0.5, 0.6) is 0 Å². The maximum atomic E-state index is 12.6. The van der Waals surface area contributed by atoms with Gasteiger partial charge in [-0.2, -0.15) is 22.5 Å². The smallest absolute Gasteiger partial charge is 0.342 e. The summed E-state index contributed by atoms with van der Waals surface area (Å²) in [5.74, 6) is -1.01. The highest BCUT2D eigenvalue weighted by Crippen LogP contribution is 2.34. The van der Waals surface area contributed by atoms with Crippen LogP contribution in [0.3, 0.4) is 0 Å². The molecule has 3 heterocycles. The molecular weight excluding hydrogens is 289 g/mol. The fourth-order valence-electron chi connectivity index (χ4n) is 3.10. The molecule has 20 heavy (non-hydrogen) atoms. The molecule has 1 aromatic rings. The van der Waals surface area contributed by atoms with Gasteiger partial charge in [0.1, 0.15) is 0 Å². The van der Waals surface area contributed by atoms with Gasteiger partial charge in [0.05, 0.1) is 0 Å². The molecule has 8 heteroatoms. The summed E-state index contributed by atoms with van der Waals surface area (Å²) in [6, 6.07) is 0.619. The second kappa shape index (κ2) is 5.48. The van der Waals surface area contributed by atoms with Crippen molar-refractivity contribution in [2.75, 3.05) is 18.0 Å². The van der Waals surface area contributed by atoms with E-state index < -0.39 is 12.0 Å². The Morgan fingerprint density at radius 2 is 2.05 bits per heavy atom. The number of halogens is 3. The van der Waals surface area contributed by atoms with Crippen LogP contribution in [0.25, 0.3) is 0 Å². The third-order valence-electron chi connectivity index (χ3n) is 4.03. The van der Waals surface area contributed by atoms with Crippen LogP contribution < -0.4 is 10.2 Å². The van der Waals surface area contributed by atoms with Gasteiger partial charge in [-0.3, -0.25) is 0 Å². The van der Waals surface area contributed by atoms with Gasteiger partial charge in [-0.05, 0) is 38.6 Å². The summed E-state index contributed by atoms with van der Waals surface area (Å²) in [6.07, 6.45) is 0.920. The SMILES string of the molecule is FC(F)(F)c1nsc(N2CCCCC2C2CCCN2)n1. The molecule has 0 saturated carbocycles. The number of aromatic nitrogens is 2. The molecule has 2 atom stereocenters. The van der Waals surface area contributed by atoms with Gasteiger partial charge in [0.25, 0.3) is 0 Å². The summed E-state index contributed by atoms with van der Waals surface area (Å²) in [5.41, 5.74) is 0. The third-order valence-corrected chi connectivity index (χ3v) is 4.78. The van der Waals surface area contributed by atoms with Gasteiger partial charge in [-0.15, -0.1) is 0 Å². The monoisotopic (exact) mass is 306 g/mol. The van der Waals surface area contributed by atoms with Gasteiger partial charge in [0.2, 0.25) is 11.0 Å². The highest BCUT2D eigenvalue weighted by Gasteiger charge is 2.38. The number of piperidine rings is 1. The first-order valence-corrected chi connectivity index (χ1v) is 7.74. The lowest BCUT2D eigenvalue weighted by molar-refractivity contribution is -0.144. The first-order valence-electron chi connectivity index (χ1n) is 6.96. The summed E-state index contributed by atoms with van der Waals surface area (Å²) in [6.45, 7) is 1.77. The number of anilines is 1. The second-order valence-electron chi connectivity index (χ2n) is 5.36. The Hall–Kier alpha value is -0.890. The fraction of sp³-hybridized carbons (Fsp3) is 0.833. The van der Waals surface area contributed by atoms with Crippen LogP contribution >= 0.6 is 11.5 Å². The molecule has 0 spiro atoms. The van der Waals surface area contributed by atoms with Crippen molar-refractivity contribution >= 4 is 16.7 Å². The third kappa shape index (κ3) is 2.76. The Morgan fingerprint density at radius 3 is 2.70 bits per heavy atom. The predicted molar refractivity (Wildman–Crippen MR) is 70.9 cm³/mol. The minimum atomic E-state index is -4.45. The topological polar surface area (TPSA) is 41.1 Å². The Labute approximate surface area is 119 Å². The predicted octanol–water partition coefficient (Wildman–Crippen LogP) is 2.67. The number of nitrogens with one attached hydrogen (secondary N) is 1. The second-order valence-corrected chi connectivity index (χ2v) is 6.09. The lowest BCUT2D eigenvalue weighted by Gasteiger charge is -2.38. The van der Waals surface area contributed by atoms with Gasteiger partial charge >= 0.3 is 6.18 Å². The number of hydrogen-bond donors (Lipinski definition) is 1. The van der Waals surface area contributed by atoms with Crippen molar-refractivity contribution < 1.29 is 13.2 Å². The van der Waals surface area contributed by atoms with E-state index in [1.807, 2.05) is 4.90 Å². The van der Waals surface area contributed by atoms with Crippen LogP contribution in [-0.4, -0.2) is 34.5 Å². The van der Waals surface area contributed by atoms with E-state index in [0.717, 1.165) is 56.7 Å². The average Bonchev–Trinajstić information content (AvgIpc) is 3.10. The van der Waals surface area contributed by atoms with Gasteiger partial charge < -0.3 is 10.2 Å². The Kier molecular flexibility index (Phi) is 3.85. The van der Waals surface area contributed by atoms with E-state index in [2.05, 4.69) is 14.7 Å². The van der Waals surface area contributed by atoms with Crippen LogP contribution in [-0.2, 0) is 6.18 Å². The van der Waals surface area contributed by atoms with Gasteiger partial charge in [0.15, 0.2) is 0 Å². The molecule has 0 bridgehead atoms. The van der Waals surface area contributed by atoms with Crippen molar-refractivity contribution in [1.29, 1.82) is 0 Å². The number of alkyl halides is 3. The summed E-state index contributed by atoms with van der Waals surface area (Å²) in [5, 5.41) is 3.87. The molecular formula is C12H17F3N4S. The van der Waals surface area contributed by atoms with Crippen LogP contribution in [0, 0.1) is 0 Å². The molecule has 2 aliphatic heterocycles. The van der Waals surface area contributed by atoms with Crippen LogP contribution in [0.4, 0.5) is 18.3 Å². The molecule has 2 unspecified atom stereocenters. The molecule has 0 radical (unpaired) electrons.